The number of pyridine rings is 1. The molecule has 0 aliphatic heterocycles. The lowest BCUT2D eigenvalue weighted by molar-refractivity contribution is -0.137. The highest BCUT2D eigenvalue weighted by molar-refractivity contribution is 5.91. The predicted molar refractivity (Wildman–Crippen MR) is 96.3 cm³/mol. The van der Waals surface area contributed by atoms with E-state index >= 15 is 0 Å². The zero-order valence-corrected chi connectivity index (χ0v) is 15.1. The van der Waals surface area contributed by atoms with Gasteiger partial charge in [-0.2, -0.15) is 13.2 Å². The summed E-state index contributed by atoms with van der Waals surface area (Å²) < 4.78 is 40.8. The fourth-order valence-corrected chi connectivity index (χ4v) is 2.72. The van der Waals surface area contributed by atoms with Crippen LogP contribution in [0.1, 0.15) is 37.9 Å². The van der Waals surface area contributed by atoms with Crippen LogP contribution in [-0.2, 0) is 11.0 Å². The van der Waals surface area contributed by atoms with E-state index in [2.05, 4.69) is 15.3 Å². The molecule has 0 spiro atoms. The lowest BCUT2D eigenvalue weighted by Crippen LogP contribution is -2.18. The van der Waals surface area contributed by atoms with Gasteiger partial charge in [0.1, 0.15) is 5.82 Å². The third kappa shape index (κ3) is 3.94. The van der Waals surface area contributed by atoms with Crippen LogP contribution in [-0.4, -0.2) is 20.4 Å². The average molecular weight is 376 g/mol. The highest BCUT2D eigenvalue weighted by Crippen LogP contribution is 2.32. The van der Waals surface area contributed by atoms with Crippen molar-refractivity contribution in [3.05, 3.63) is 54.0 Å². The Morgan fingerprint density at radius 3 is 2.52 bits per heavy atom. The number of carbonyl (C=O) groups excluding carboxylic acids is 1. The van der Waals surface area contributed by atoms with Crippen molar-refractivity contribution in [1.82, 2.24) is 14.5 Å². The molecule has 142 valence electrons. The maximum Gasteiger partial charge on any atom is 0.416 e. The van der Waals surface area contributed by atoms with Gasteiger partial charge in [-0.1, -0.05) is 13.8 Å². The van der Waals surface area contributed by atoms with Crippen LogP contribution in [0.4, 0.5) is 19.0 Å². The van der Waals surface area contributed by atoms with Crippen molar-refractivity contribution < 1.29 is 18.0 Å². The number of rotatable bonds is 4. The van der Waals surface area contributed by atoms with Crippen LogP contribution in [0.5, 0.6) is 0 Å². The molecule has 0 radical (unpaired) electrons. The van der Waals surface area contributed by atoms with E-state index in [1.165, 1.54) is 12.4 Å². The van der Waals surface area contributed by atoms with E-state index in [1.807, 2.05) is 6.92 Å². The molecule has 0 aliphatic rings. The van der Waals surface area contributed by atoms with Crippen molar-refractivity contribution in [2.24, 2.45) is 5.92 Å². The van der Waals surface area contributed by atoms with Gasteiger partial charge in [0.2, 0.25) is 5.91 Å². The van der Waals surface area contributed by atoms with Crippen LogP contribution in [0.3, 0.4) is 0 Å². The number of hydrogen-bond donors (Lipinski definition) is 1. The number of carbonyl (C=O) groups is 1. The van der Waals surface area contributed by atoms with Gasteiger partial charge in [-0.05, 0) is 42.8 Å². The Balaban J connectivity index is 1.96. The number of hydrogen-bond acceptors (Lipinski definition) is 3. The Labute approximate surface area is 154 Å². The number of anilines is 1. The molecule has 3 aromatic rings. The molecule has 3 rings (SSSR count). The second kappa shape index (κ2) is 7.02. The smallest absolute Gasteiger partial charge is 0.323 e. The van der Waals surface area contributed by atoms with E-state index in [-0.39, 0.29) is 17.9 Å². The molecule has 1 N–H and O–H groups in total. The summed E-state index contributed by atoms with van der Waals surface area (Å²) in [6.45, 7) is 5.40. The number of nitrogens with one attached hydrogen (secondary N) is 1. The normalized spacial score (nSPS) is 13.1. The Kier molecular flexibility index (Phi) is 4.91. The summed E-state index contributed by atoms with van der Waals surface area (Å²) >= 11 is 0. The molecular weight excluding hydrogens is 357 g/mol. The Hall–Kier alpha value is -2.90. The minimum absolute atomic E-state index is 0.157. The molecule has 0 saturated heterocycles. The molecule has 1 unspecified atom stereocenters. The maximum absolute atomic E-state index is 13.0. The van der Waals surface area contributed by atoms with E-state index < -0.39 is 11.7 Å². The molecule has 0 saturated carbocycles. The van der Waals surface area contributed by atoms with E-state index in [4.69, 9.17) is 0 Å². The molecule has 27 heavy (non-hydrogen) atoms. The number of fused-ring (bicyclic) bond motifs is 1. The summed E-state index contributed by atoms with van der Waals surface area (Å²) in [5.74, 6) is 0.0555. The Morgan fingerprint density at radius 1 is 1.11 bits per heavy atom. The Bertz CT molecular complexity index is 978. The Morgan fingerprint density at radius 2 is 1.85 bits per heavy atom. The number of halogens is 3. The number of amides is 1. The van der Waals surface area contributed by atoms with Crippen LogP contribution < -0.4 is 5.32 Å². The lowest BCUT2D eigenvalue weighted by Gasteiger charge is -2.17. The first kappa shape index (κ1) is 18.9. The van der Waals surface area contributed by atoms with Gasteiger partial charge in [-0.3, -0.25) is 4.79 Å². The van der Waals surface area contributed by atoms with Gasteiger partial charge in [-0.25, -0.2) is 9.97 Å². The maximum atomic E-state index is 13.0. The lowest BCUT2D eigenvalue weighted by atomic mass is 10.1. The highest BCUT2D eigenvalue weighted by atomic mass is 19.4. The molecule has 0 fully saturated rings. The number of nitrogens with zero attached hydrogens (tertiary/aromatic N) is 3. The van der Waals surface area contributed by atoms with Crippen LogP contribution >= 0.6 is 0 Å². The molecule has 1 atom stereocenters. The van der Waals surface area contributed by atoms with E-state index in [0.29, 0.717) is 16.9 Å². The van der Waals surface area contributed by atoms with Gasteiger partial charge in [-0.15, -0.1) is 0 Å². The molecular formula is C19H19F3N4O. The summed E-state index contributed by atoms with van der Waals surface area (Å²) in [5.41, 5.74) is 0.948. The molecule has 0 bridgehead atoms. The summed E-state index contributed by atoms with van der Waals surface area (Å²) in [6, 6.07) is 6.66. The van der Waals surface area contributed by atoms with Crippen molar-refractivity contribution >= 4 is 22.8 Å². The molecule has 2 aromatic heterocycles. The van der Waals surface area contributed by atoms with Gasteiger partial charge in [0, 0.05) is 12.1 Å². The molecule has 1 aromatic carbocycles. The van der Waals surface area contributed by atoms with Crippen LogP contribution in [0.2, 0.25) is 0 Å². The molecule has 8 heteroatoms. The van der Waals surface area contributed by atoms with Gasteiger partial charge >= 0.3 is 6.18 Å². The van der Waals surface area contributed by atoms with E-state index in [1.54, 1.807) is 36.7 Å². The standard InChI is InChI=1S/C19H19F3N4O/c1-11(2)18(27)25-17-8-13(6-7-23-17)12(3)26-10-24-15-5-4-14(9-16(15)26)19(20,21)22/h4-12H,1-3H3,(H,23,25,27). The third-order valence-electron chi connectivity index (χ3n) is 4.36. The van der Waals surface area contributed by atoms with Crippen LogP contribution in [0.25, 0.3) is 11.0 Å². The number of benzene rings is 1. The molecule has 0 aliphatic carbocycles. The van der Waals surface area contributed by atoms with Gasteiger partial charge in [0.05, 0.1) is 29.0 Å². The molecule has 5 nitrogen and oxygen atoms in total. The quantitative estimate of drug-likeness (QED) is 0.721. The van der Waals surface area contributed by atoms with Crippen molar-refractivity contribution in [3.8, 4) is 0 Å². The monoisotopic (exact) mass is 376 g/mol. The average Bonchev–Trinajstić information content (AvgIpc) is 3.03. The van der Waals surface area contributed by atoms with Crippen molar-refractivity contribution in [1.29, 1.82) is 0 Å². The minimum atomic E-state index is -4.42. The third-order valence-corrected chi connectivity index (χ3v) is 4.36. The fraction of sp³-hybridized carbons (Fsp3) is 0.316. The summed E-state index contributed by atoms with van der Waals surface area (Å²) in [7, 11) is 0. The zero-order chi connectivity index (χ0) is 19.8. The number of aromatic nitrogens is 3. The molecule has 2 heterocycles. The topological polar surface area (TPSA) is 59.8 Å². The molecule has 1 amide bonds. The summed E-state index contributed by atoms with van der Waals surface area (Å²) in [5, 5.41) is 2.72. The van der Waals surface area contributed by atoms with Gasteiger partial charge in [0.15, 0.2) is 0 Å². The SMILES string of the molecule is CC(C)C(=O)Nc1cc(C(C)n2cnc3ccc(C(F)(F)F)cc32)ccn1. The summed E-state index contributed by atoms with van der Waals surface area (Å²) in [4.78, 5) is 20.2. The second-order valence-electron chi connectivity index (χ2n) is 6.65. The second-order valence-corrected chi connectivity index (χ2v) is 6.65. The zero-order valence-electron chi connectivity index (χ0n) is 15.1. The first-order chi connectivity index (χ1) is 12.7. The largest absolute Gasteiger partial charge is 0.416 e. The van der Waals surface area contributed by atoms with E-state index in [9.17, 15) is 18.0 Å². The van der Waals surface area contributed by atoms with Crippen LogP contribution in [0, 0.1) is 5.92 Å². The minimum Gasteiger partial charge on any atom is -0.323 e. The number of imidazole rings is 1. The van der Waals surface area contributed by atoms with Gasteiger partial charge < -0.3 is 9.88 Å². The predicted octanol–water partition coefficient (Wildman–Crippen LogP) is 4.65. The van der Waals surface area contributed by atoms with Gasteiger partial charge in [0.25, 0.3) is 0 Å². The van der Waals surface area contributed by atoms with E-state index in [0.717, 1.165) is 17.7 Å². The summed E-state index contributed by atoms with van der Waals surface area (Å²) in [6.07, 6.45) is -1.35. The van der Waals surface area contributed by atoms with Crippen molar-refractivity contribution in [2.75, 3.05) is 5.32 Å². The fourth-order valence-electron chi connectivity index (χ4n) is 2.72. The first-order valence-electron chi connectivity index (χ1n) is 8.47. The van der Waals surface area contributed by atoms with Crippen molar-refractivity contribution in [2.45, 2.75) is 33.0 Å². The first-order valence-corrected chi connectivity index (χ1v) is 8.47. The van der Waals surface area contributed by atoms with Crippen LogP contribution in [0.15, 0.2) is 42.9 Å². The highest BCUT2D eigenvalue weighted by Gasteiger charge is 2.31. The van der Waals surface area contributed by atoms with Crippen molar-refractivity contribution in [3.63, 3.8) is 0 Å². The number of alkyl halides is 3.